The van der Waals surface area contributed by atoms with Gasteiger partial charge in [0.1, 0.15) is 0 Å². The summed E-state index contributed by atoms with van der Waals surface area (Å²) < 4.78 is 2.53. The molecular formula is C61H46N2. The number of rotatable bonds is 4. The molecule has 13 rings (SSSR count). The lowest BCUT2D eigenvalue weighted by atomic mass is 9.53. The van der Waals surface area contributed by atoms with Crippen LogP contribution in [-0.2, 0) is 16.2 Å². The summed E-state index contributed by atoms with van der Waals surface area (Å²) in [5.41, 5.74) is 22.1. The van der Waals surface area contributed by atoms with Gasteiger partial charge < -0.3 is 9.47 Å². The number of nitrogens with zero attached hydrogens (tertiary/aromatic N) is 2. The lowest BCUT2D eigenvalue weighted by Gasteiger charge is -2.50. The summed E-state index contributed by atoms with van der Waals surface area (Å²) in [6.45, 7) is 9.62. The lowest BCUT2D eigenvalue weighted by Crippen LogP contribution is -2.44. The van der Waals surface area contributed by atoms with Crippen LogP contribution in [-0.4, -0.2) is 4.57 Å². The van der Waals surface area contributed by atoms with Gasteiger partial charge in [0.15, 0.2) is 0 Å². The van der Waals surface area contributed by atoms with Gasteiger partial charge in [-0.3, -0.25) is 0 Å². The number of hydrogen-bond donors (Lipinski definition) is 0. The molecule has 0 saturated heterocycles. The van der Waals surface area contributed by atoms with Gasteiger partial charge in [-0.15, -0.1) is 0 Å². The number of anilines is 3. The maximum atomic E-state index is 2.53. The Labute approximate surface area is 369 Å². The van der Waals surface area contributed by atoms with Crippen molar-refractivity contribution in [3.8, 4) is 27.9 Å². The van der Waals surface area contributed by atoms with Crippen LogP contribution in [0.2, 0.25) is 0 Å². The van der Waals surface area contributed by atoms with Gasteiger partial charge >= 0.3 is 0 Å². The Morgan fingerprint density at radius 2 is 0.889 bits per heavy atom. The van der Waals surface area contributed by atoms with Crippen molar-refractivity contribution in [2.45, 2.75) is 43.9 Å². The second-order valence-electron chi connectivity index (χ2n) is 18.9. The van der Waals surface area contributed by atoms with Gasteiger partial charge in [-0.05, 0) is 115 Å². The van der Waals surface area contributed by atoms with Crippen LogP contribution >= 0.6 is 0 Å². The van der Waals surface area contributed by atoms with Crippen molar-refractivity contribution in [2.75, 3.05) is 4.90 Å². The zero-order valence-electron chi connectivity index (χ0n) is 36.0. The van der Waals surface area contributed by atoms with Crippen molar-refractivity contribution in [3.63, 3.8) is 0 Å². The minimum absolute atomic E-state index is 0.128. The maximum absolute atomic E-state index is 2.53. The van der Waals surface area contributed by atoms with Crippen LogP contribution in [0.25, 0.3) is 49.7 Å². The molecule has 2 heteroatoms. The van der Waals surface area contributed by atoms with E-state index in [1.54, 1.807) is 0 Å². The van der Waals surface area contributed by atoms with Gasteiger partial charge in [0.05, 0.1) is 22.1 Å². The normalized spacial score (nSPS) is 16.9. The molecule has 1 spiro atoms. The molecule has 300 valence electrons. The van der Waals surface area contributed by atoms with Crippen LogP contribution in [0.4, 0.5) is 17.1 Å². The summed E-state index contributed by atoms with van der Waals surface area (Å²) in [4.78, 5) is 2.49. The molecule has 0 saturated carbocycles. The Kier molecular flexibility index (Phi) is 7.37. The van der Waals surface area contributed by atoms with Crippen LogP contribution in [0.15, 0.2) is 206 Å². The first-order valence-electron chi connectivity index (χ1n) is 22.4. The quantitative estimate of drug-likeness (QED) is 0.172. The van der Waals surface area contributed by atoms with E-state index in [2.05, 4.69) is 243 Å². The van der Waals surface area contributed by atoms with E-state index in [0.717, 1.165) is 17.1 Å². The second-order valence-corrected chi connectivity index (χ2v) is 18.9. The van der Waals surface area contributed by atoms with Gasteiger partial charge in [0, 0.05) is 38.7 Å². The van der Waals surface area contributed by atoms with E-state index in [4.69, 9.17) is 0 Å². The average molecular weight is 807 g/mol. The fourth-order valence-electron chi connectivity index (χ4n) is 12.2. The van der Waals surface area contributed by atoms with Crippen molar-refractivity contribution in [2.24, 2.45) is 0 Å². The highest BCUT2D eigenvalue weighted by molar-refractivity contribution is 6.12. The maximum Gasteiger partial charge on any atom is 0.0748 e. The third-order valence-electron chi connectivity index (χ3n) is 15.0. The van der Waals surface area contributed by atoms with Crippen LogP contribution in [0.5, 0.6) is 0 Å². The molecule has 2 heterocycles. The highest BCUT2D eigenvalue weighted by Crippen LogP contribution is 2.61. The minimum Gasteiger partial charge on any atom is -0.310 e. The molecular weight excluding hydrogens is 761 g/mol. The Hall–Kier alpha value is -7.42. The topological polar surface area (TPSA) is 8.17 Å². The Bertz CT molecular complexity index is 3510. The van der Waals surface area contributed by atoms with E-state index >= 15 is 0 Å². The number of para-hydroxylation sites is 3. The molecule has 10 aromatic rings. The van der Waals surface area contributed by atoms with Gasteiger partial charge in [0.25, 0.3) is 0 Å². The van der Waals surface area contributed by atoms with Gasteiger partial charge in [-0.2, -0.15) is 0 Å². The zero-order chi connectivity index (χ0) is 42.2. The summed E-state index contributed by atoms with van der Waals surface area (Å²) in [6.07, 6.45) is 0. The van der Waals surface area contributed by atoms with E-state index in [9.17, 15) is 0 Å². The van der Waals surface area contributed by atoms with Crippen molar-refractivity contribution < 1.29 is 0 Å². The summed E-state index contributed by atoms with van der Waals surface area (Å²) in [7, 11) is 0. The average Bonchev–Trinajstić information content (AvgIpc) is 3.79. The fourth-order valence-corrected chi connectivity index (χ4v) is 12.2. The Morgan fingerprint density at radius 3 is 1.70 bits per heavy atom. The standard InChI is InChI=1S/C61H46N2/c1-59(2)48-22-10-8-19-44(48)45-35-33-42(37-54(45)59)62(41-31-29-40(30-32-41)39-17-6-5-7-18-39)43-34-36-51-55(38-43)60(3,4)49-23-11-12-24-50(49)61(51)52-25-13-15-28-57(52)63-56-27-14-9-20-46(56)47-21-16-26-53(61)58(47)63/h5-38H,1-4H3. The molecule has 63 heavy (non-hydrogen) atoms. The van der Waals surface area contributed by atoms with E-state index < -0.39 is 5.41 Å². The lowest BCUT2D eigenvalue weighted by molar-refractivity contribution is 0.556. The first-order valence-corrected chi connectivity index (χ1v) is 22.4. The fraction of sp³-hybridized carbons (Fsp3) is 0.115. The molecule has 0 radical (unpaired) electrons. The van der Waals surface area contributed by atoms with E-state index in [0.29, 0.717) is 0 Å². The molecule has 0 amide bonds. The predicted octanol–water partition coefficient (Wildman–Crippen LogP) is 15.6. The zero-order valence-corrected chi connectivity index (χ0v) is 36.0. The summed E-state index contributed by atoms with van der Waals surface area (Å²) in [5.74, 6) is 0. The van der Waals surface area contributed by atoms with E-state index in [1.165, 1.54) is 94.3 Å². The highest BCUT2D eigenvalue weighted by Gasteiger charge is 2.52. The molecule has 2 nitrogen and oxygen atoms in total. The molecule has 0 N–H and O–H groups in total. The van der Waals surface area contributed by atoms with Crippen LogP contribution < -0.4 is 4.90 Å². The smallest absolute Gasteiger partial charge is 0.0748 e. The van der Waals surface area contributed by atoms with Crippen molar-refractivity contribution in [1.29, 1.82) is 0 Å². The third-order valence-corrected chi connectivity index (χ3v) is 15.0. The largest absolute Gasteiger partial charge is 0.310 e. The first kappa shape index (κ1) is 36.3. The van der Waals surface area contributed by atoms with Crippen LogP contribution in [0, 0.1) is 0 Å². The van der Waals surface area contributed by atoms with E-state index in [1.807, 2.05) is 0 Å². The number of aromatic nitrogens is 1. The first-order chi connectivity index (χ1) is 30.8. The number of hydrogen-bond acceptors (Lipinski definition) is 1. The summed E-state index contributed by atoms with van der Waals surface area (Å²) >= 11 is 0. The van der Waals surface area contributed by atoms with Crippen LogP contribution in [0.1, 0.15) is 72.2 Å². The Balaban J connectivity index is 1.08. The highest BCUT2D eigenvalue weighted by atomic mass is 15.1. The molecule has 1 aliphatic heterocycles. The van der Waals surface area contributed by atoms with Gasteiger partial charge in [-0.1, -0.05) is 185 Å². The number of fused-ring (bicyclic) bond motifs is 14. The van der Waals surface area contributed by atoms with Gasteiger partial charge in [0.2, 0.25) is 0 Å². The monoisotopic (exact) mass is 806 g/mol. The molecule has 1 atom stereocenters. The summed E-state index contributed by atoms with van der Waals surface area (Å²) in [5, 5.41) is 2.58. The van der Waals surface area contributed by atoms with Crippen LogP contribution in [0.3, 0.4) is 0 Å². The SMILES string of the molecule is CC1(C)c2ccccc2-c2ccc(N(c3ccc(-c4ccccc4)cc3)c3ccc4c(c3)C(C)(C)c3ccccc3C43c4ccccc4-n4c5ccccc5c5cccc3c54)cc21. The molecule has 9 aromatic carbocycles. The molecule has 1 unspecified atom stereocenters. The van der Waals surface area contributed by atoms with Gasteiger partial charge in [-0.25, -0.2) is 0 Å². The van der Waals surface area contributed by atoms with E-state index in [-0.39, 0.29) is 10.8 Å². The number of benzene rings is 9. The summed E-state index contributed by atoms with van der Waals surface area (Å²) in [6, 6.07) is 77.7. The van der Waals surface area contributed by atoms with Crippen molar-refractivity contribution in [1.82, 2.24) is 4.57 Å². The Morgan fingerprint density at radius 1 is 0.349 bits per heavy atom. The van der Waals surface area contributed by atoms with Crippen molar-refractivity contribution in [3.05, 3.63) is 251 Å². The molecule has 0 fully saturated rings. The molecule has 2 aliphatic carbocycles. The minimum atomic E-state index is -0.550. The third kappa shape index (κ3) is 4.73. The molecule has 0 bridgehead atoms. The second kappa shape index (κ2) is 12.8. The molecule has 3 aliphatic rings. The van der Waals surface area contributed by atoms with Crippen molar-refractivity contribution >= 4 is 38.9 Å². The molecule has 1 aromatic heterocycles. The predicted molar refractivity (Wildman–Crippen MR) is 262 cm³/mol.